The summed E-state index contributed by atoms with van der Waals surface area (Å²) in [6.07, 6.45) is 5.63. The Hall–Kier alpha value is -2.32. The van der Waals surface area contributed by atoms with Gasteiger partial charge in [-0.1, -0.05) is 0 Å². The molecule has 31 heavy (non-hydrogen) atoms. The fourth-order valence-electron chi connectivity index (χ4n) is 4.47. The fraction of sp³-hybridized carbons (Fsp3) is 0.565. The molecule has 0 unspecified atom stereocenters. The van der Waals surface area contributed by atoms with Crippen molar-refractivity contribution in [1.29, 1.82) is 0 Å². The van der Waals surface area contributed by atoms with Gasteiger partial charge in [-0.25, -0.2) is 9.97 Å². The molecule has 2 atom stereocenters. The highest BCUT2D eigenvalue weighted by atomic mass is 32.1. The van der Waals surface area contributed by atoms with E-state index in [9.17, 15) is 5.11 Å². The van der Waals surface area contributed by atoms with Crippen molar-refractivity contribution >= 4 is 33.3 Å². The summed E-state index contributed by atoms with van der Waals surface area (Å²) in [5.41, 5.74) is 4.81. The fourth-order valence-corrected chi connectivity index (χ4v) is 5.68. The molecule has 0 amide bonds. The van der Waals surface area contributed by atoms with E-state index in [4.69, 9.17) is 15.0 Å². The number of nitrogens with zero attached hydrogens (tertiary/aromatic N) is 4. The molecular formula is C23H30N6OS. The Morgan fingerprint density at radius 3 is 2.55 bits per heavy atom. The van der Waals surface area contributed by atoms with Crippen LogP contribution < -0.4 is 10.6 Å². The average Bonchev–Trinajstić information content (AvgIpc) is 3.29. The maximum Gasteiger partial charge on any atom is 0.224 e. The number of anilines is 2. The van der Waals surface area contributed by atoms with Gasteiger partial charge in [-0.15, -0.1) is 11.3 Å². The second-order valence-corrected chi connectivity index (χ2v) is 10.1. The molecule has 0 spiro atoms. The first-order valence-corrected chi connectivity index (χ1v) is 12.1. The molecular weight excluding hydrogens is 408 g/mol. The van der Waals surface area contributed by atoms with E-state index >= 15 is 0 Å². The lowest BCUT2D eigenvalue weighted by atomic mass is 10.1. The molecule has 0 saturated heterocycles. The first kappa shape index (κ1) is 20.6. The third-order valence-electron chi connectivity index (χ3n) is 6.37. The Bertz CT molecular complexity index is 1110. The Morgan fingerprint density at radius 1 is 1.00 bits per heavy atom. The van der Waals surface area contributed by atoms with Crippen LogP contribution in [-0.4, -0.2) is 44.2 Å². The third-order valence-corrected chi connectivity index (χ3v) is 7.39. The number of aryl methyl sites for hydroxylation is 3. The molecule has 7 nitrogen and oxygen atoms in total. The summed E-state index contributed by atoms with van der Waals surface area (Å²) in [4.78, 5) is 19.2. The third kappa shape index (κ3) is 4.36. The number of hydrogen-bond donors (Lipinski definition) is 3. The van der Waals surface area contributed by atoms with E-state index in [0.717, 1.165) is 75.4 Å². The predicted octanol–water partition coefficient (Wildman–Crippen LogP) is 4.47. The van der Waals surface area contributed by atoms with Crippen molar-refractivity contribution in [1.82, 2.24) is 19.9 Å². The monoisotopic (exact) mass is 438 g/mol. The van der Waals surface area contributed by atoms with Crippen LogP contribution in [0.2, 0.25) is 0 Å². The number of thiazole rings is 1. The SMILES string of the molecule is Cc1cc2sc(-c3c(C)nc(NCC4CC4)nc3N[C@H]3CC[C@@H](CO)C3)nc2c(C)n1. The van der Waals surface area contributed by atoms with E-state index in [0.29, 0.717) is 17.9 Å². The standard InChI is InChI=1S/C23H30N6OS/c1-12-8-18-20(14(3)25-12)28-22(31-18)19-13(2)26-23(24-10-15-4-5-15)29-21(19)27-17-7-6-16(9-17)11-30/h8,15-17,30H,4-7,9-11H2,1-3H3,(H2,24,26,27,29)/t16-,17+/m1/s1. The first-order chi connectivity index (χ1) is 15.0. The summed E-state index contributed by atoms with van der Waals surface area (Å²) in [5, 5.41) is 17.6. The van der Waals surface area contributed by atoms with E-state index in [1.807, 2.05) is 20.8 Å². The lowest BCUT2D eigenvalue weighted by Gasteiger charge is -2.18. The molecule has 3 N–H and O–H groups in total. The molecule has 164 valence electrons. The van der Waals surface area contributed by atoms with Gasteiger partial charge in [0.2, 0.25) is 5.95 Å². The normalized spacial score (nSPS) is 21.0. The van der Waals surface area contributed by atoms with Crippen LogP contribution in [0.3, 0.4) is 0 Å². The van der Waals surface area contributed by atoms with Crippen LogP contribution in [-0.2, 0) is 0 Å². The molecule has 5 rings (SSSR count). The minimum absolute atomic E-state index is 0.255. The summed E-state index contributed by atoms with van der Waals surface area (Å²) in [7, 11) is 0. The Labute approximate surface area is 186 Å². The largest absolute Gasteiger partial charge is 0.396 e. The summed E-state index contributed by atoms with van der Waals surface area (Å²) < 4.78 is 1.14. The van der Waals surface area contributed by atoms with Crippen LogP contribution in [0.5, 0.6) is 0 Å². The van der Waals surface area contributed by atoms with Gasteiger partial charge in [-0.2, -0.15) is 4.98 Å². The molecule has 3 aromatic heterocycles. The van der Waals surface area contributed by atoms with E-state index < -0.39 is 0 Å². The first-order valence-electron chi connectivity index (χ1n) is 11.2. The van der Waals surface area contributed by atoms with Crippen molar-refractivity contribution in [3.63, 3.8) is 0 Å². The van der Waals surface area contributed by atoms with Crippen molar-refractivity contribution in [3.8, 4) is 10.6 Å². The van der Waals surface area contributed by atoms with Crippen LogP contribution in [0.25, 0.3) is 20.8 Å². The molecule has 8 heteroatoms. The quantitative estimate of drug-likeness (QED) is 0.501. The van der Waals surface area contributed by atoms with Gasteiger partial charge in [0.05, 0.1) is 21.7 Å². The molecule has 2 saturated carbocycles. The molecule has 2 fully saturated rings. The molecule has 3 aromatic rings. The van der Waals surface area contributed by atoms with Gasteiger partial charge < -0.3 is 15.7 Å². The number of aromatic nitrogens is 4. The molecule has 0 aliphatic heterocycles. The van der Waals surface area contributed by atoms with Gasteiger partial charge in [-0.05, 0) is 70.8 Å². The highest BCUT2D eigenvalue weighted by Gasteiger charge is 2.27. The van der Waals surface area contributed by atoms with E-state index in [2.05, 4.69) is 21.7 Å². The molecule has 0 aromatic carbocycles. The van der Waals surface area contributed by atoms with Crippen LogP contribution in [0.1, 0.15) is 49.2 Å². The zero-order valence-electron chi connectivity index (χ0n) is 18.4. The molecule has 2 aliphatic carbocycles. The zero-order valence-corrected chi connectivity index (χ0v) is 19.2. The van der Waals surface area contributed by atoms with Crippen LogP contribution in [0.15, 0.2) is 6.07 Å². The minimum atomic E-state index is 0.255. The lowest BCUT2D eigenvalue weighted by molar-refractivity contribution is 0.229. The van der Waals surface area contributed by atoms with Gasteiger partial charge in [0.25, 0.3) is 0 Å². The minimum Gasteiger partial charge on any atom is -0.396 e. The van der Waals surface area contributed by atoms with Crippen molar-refractivity contribution in [3.05, 3.63) is 23.1 Å². The maximum absolute atomic E-state index is 9.55. The predicted molar refractivity (Wildman–Crippen MR) is 126 cm³/mol. The zero-order chi connectivity index (χ0) is 21.5. The number of pyridine rings is 1. The Balaban J connectivity index is 1.53. The number of aliphatic hydroxyl groups excluding tert-OH is 1. The lowest BCUT2D eigenvalue weighted by Crippen LogP contribution is -2.19. The average molecular weight is 439 g/mol. The van der Waals surface area contributed by atoms with Crippen molar-refractivity contribution < 1.29 is 5.11 Å². The van der Waals surface area contributed by atoms with Crippen molar-refractivity contribution in [2.24, 2.45) is 11.8 Å². The van der Waals surface area contributed by atoms with E-state index in [-0.39, 0.29) is 6.61 Å². The Kier molecular flexibility index (Phi) is 5.52. The van der Waals surface area contributed by atoms with Gasteiger partial charge in [0.1, 0.15) is 16.3 Å². The number of nitrogens with one attached hydrogen (secondary N) is 2. The number of hydrogen-bond acceptors (Lipinski definition) is 8. The number of rotatable bonds is 7. The van der Waals surface area contributed by atoms with Gasteiger partial charge in [0.15, 0.2) is 0 Å². The topological polar surface area (TPSA) is 95.9 Å². The van der Waals surface area contributed by atoms with Gasteiger partial charge >= 0.3 is 0 Å². The highest BCUT2D eigenvalue weighted by Crippen LogP contribution is 2.38. The molecule has 2 aliphatic rings. The van der Waals surface area contributed by atoms with Crippen LogP contribution in [0, 0.1) is 32.6 Å². The molecule has 3 heterocycles. The van der Waals surface area contributed by atoms with Crippen LogP contribution >= 0.6 is 11.3 Å². The van der Waals surface area contributed by atoms with Gasteiger partial charge in [0, 0.05) is 24.9 Å². The van der Waals surface area contributed by atoms with Crippen molar-refractivity contribution in [2.75, 3.05) is 23.8 Å². The number of fused-ring (bicyclic) bond motifs is 1. The van der Waals surface area contributed by atoms with E-state index in [1.165, 1.54) is 12.8 Å². The maximum atomic E-state index is 9.55. The second-order valence-electron chi connectivity index (χ2n) is 9.10. The van der Waals surface area contributed by atoms with Gasteiger partial charge in [-0.3, -0.25) is 4.98 Å². The van der Waals surface area contributed by atoms with Crippen molar-refractivity contribution in [2.45, 2.75) is 58.9 Å². The van der Waals surface area contributed by atoms with E-state index in [1.54, 1.807) is 11.3 Å². The smallest absolute Gasteiger partial charge is 0.224 e. The second kappa shape index (κ2) is 8.31. The molecule has 0 radical (unpaired) electrons. The number of aliphatic hydroxyl groups is 1. The summed E-state index contributed by atoms with van der Waals surface area (Å²) >= 11 is 1.67. The summed E-state index contributed by atoms with van der Waals surface area (Å²) in [6.45, 7) is 7.26. The summed E-state index contributed by atoms with van der Waals surface area (Å²) in [5.74, 6) is 2.65. The summed E-state index contributed by atoms with van der Waals surface area (Å²) in [6, 6.07) is 2.41. The Morgan fingerprint density at radius 2 is 1.81 bits per heavy atom. The highest BCUT2D eigenvalue weighted by molar-refractivity contribution is 7.21. The molecule has 0 bridgehead atoms. The van der Waals surface area contributed by atoms with Crippen LogP contribution in [0.4, 0.5) is 11.8 Å².